The van der Waals surface area contributed by atoms with Crippen LogP contribution in [-0.4, -0.2) is 74.9 Å². The normalized spacial score (nSPS) is 31.9. The Balaban J connectivity index is 1.46. The Bertz CT molecular complexity index is 287. The van der Waals surface area contributed by atoms with Gasteiger partial charge in [-0.1, -0.05) is 12.8 Å². The predicted octanol–water partition coefficient (Wildman–Crippen LogP) is 1.17. The van der Waals surface area contributed by atoms with Crippen molar-refractivity contribution in [3.8, 4) is 0 Å². The summed E-state index contributed by atoms with van der Waals surface area (Å²) >= 11 is 0. The van der Waals surface area contributed by atoms with E-state index in [0.29, 0.717) is 6.04 Å². The molecule has 4 heteroatoms. The van der Waals surface area contributed by atoms with Gasteiger partial charge in [0.25, 0.3) is 0 Å². The maximum atomic E-state index is 5.47. The van der Waals surface area contributed by atoms with Crippen LogP contribution in [0.15, 0.2) is 0 Å². The lowest BCUT2D eigenvalue weighted by atomic mass is 9.98. The smallest absolute Gasteiger partial charge is 0.0594 e. The number of rotatable bonds is 5. The van der Waals surface area contributed by atoms with Crippen LogP contribution in [0.2, 0.25) is 0 Å². The van der Waals surface area contributed by atoms with Crippen molar-refractivity contribution in [1.82, 2.24) is 15.1 Å². The summed E-state index contributed by atoms with van der Waals surface area (Å²) in [4.78, 5) is 5.34. The first-order chi connectivity index (χ1) is 9.86. The molecule has 2 atom stereocenters. The Kier molecular flexibility index (Phi) is 5.32. The highest BCUT2D eigenvalue weighted by molar-refractivity contribution is 4.89. The Morgan fingerprint density at radius 1 is 1.10 bits per heavy atom. The highest BCUT2D eigenvalue weighted by Crippen LogP contribution is 2.28. The summed E-state index contributed by atoms with van der Waals surface area (Å²) in [5, 5.41) is 3.59. The molecule has 3 aliphatic rings. The molecule has 116 valence electrons. The zero-order valence-electron chi connectivity index (χ0n) is 13.0. The van der Waals surface area contributed by atoms with Crippen molar-refractivity contribution in [2.75, 3.05) is 53.0 Å². The third kappa shape index (κ3) is 3.53. The first-order valence-corrected chi connectivity index (χ1v) is 8.58. The second kappa shape index (κ2) is 7.21. The largest absolute Gasteiger partial charge is 0.379 e. The van der Waals surface area contributed by atoms with Crippen molar-refractivity contribution in [1.29, 1.82) is 0 Å². The van der Waals surface area contributed by atoms with Gasteiger partial charge in [0.15, 0.2) is 0 Å². The number of likely N-dealkylation sites (N-methyl/N-ethyl adjacent to an activating group) is 1. The first-order valence-electron chi connectivity index (χ1n) is 8.58. The van der Waals surface area contributed by atoms with Gasteiger partial charge in [-0.3, -0.25) is 4.90 Å². The number of morpholine rings is 1. The molecule has 0 aromatic carbocycles. The number of nitrogens with zero attached hydrogens (tertiary/aromatic N) is 2. The molecule has 0 aromatic heterocycles. The van der Waals surface area contributed by atoms with Crippen molar-refractivity contribution >= 4 is 0 Å². The molecule has 3 rings (SSSR count). The summed E-state index contributed by atoms with van der Waals surface area (Å²) in [7, 11) is 2.15. The topological polar surface area (TPSA) is 27.7 Å². The van der Waals surface area contributed by atoms with Gasteiger partial charge in [-0.15, -0.1) is 0 Å². The molecule has 4 nitrogen and oxygen atoms in total. The van der Waals surface area contributed by atoms with Crippen molar-refractivity contribution in [2.24, 2.45) is 5.92 Å². The van der Waals surface area contributed by atoms with Gasteiger partial charge >= 0.3 is 0 Å². The standard InChI is InChI=1S/C16H31N3O/c1-17-16(14-4-2-3-5-14)13-18-7-6-15(12-18)19-8-10-20-11-9-19/h14-17H,2-13H2,1H3. The molecule has 2 heterocycles. The molecular formula is C16H31N3O. The zero-order valence-corrected chi connectivity index (χ0v) is 13.0. The molecule has 2 saturated heterocycles. The van der Waals surface area contributed by atoms with Crippen LogP contribution in [-0.2, 0) is 4.74 Å². The van der Waals surface area contributed by atoms with Crippen LogP contribution in [0.4, 0.5) is 0 Å². The third-order valence-electron chi connectivity index (χ3n) is 5.60. The van der Waals surface area contributed by atoms with Gasteiger partial charge in [-0.05, 0) is 38.8 Å². The summed E-state index contributed by atoms with van der Waals surface area (Å²) in [6, 6.07) is 1.49. The Labute approximate surface area is 123 Å². The van der Waals surface area contributed by atoms with E-state index in [4.69, 9.17) is 4.74 Å². The van der Waals surface area contributed by atoms with Gasteiger partial charge in [-0.2, -0.15) is 0 Å². The highest BCUT2D eigenvalue weighted by atomic mass is 16.5. The molecule has 3 fully saturated rings. The third-order valence-corrected chi connectivity index (χ3v) is 5.60. The van der Waals surface area contributed by atoms with Crippen LogP contribution < -0.4 is 5.32 Å². The second-order valence-corrected chi connectivity index (χ2v) is 6.79. The number of hydrogen-bond acceptors (Lipinski definition) is 4. The summed E-state index contributed by atoms with van der Waals surface area (Å²) in [6.07, 6.45) is 7.11. The van der Waals surface area contributed by atoms with E-state index in [1.165, 1.54) is 51.7 Å². The average molecular weight is 281 g/mol. The van der Waals surface area contributed by atoms with Gasteiger partial charge in [-0.25, -0.2) is 0 Å². The Hall–Kier alpha value is -0.160. The molecular weight excluding hydrogens is 250 g/mol. The molecule has 0 bridgehead atoms. The highest BCUT2D eigenvalue weighted by Gasteiger charge is 2.31. The fourth-order valence-corrected chi connectivity index (χ4v) is 4.33. The van der Waals surface area contributed by atoms with Gasteiger partial charge < -0.3 is 15.0 Å². The summed E-state index contributed by atoms with van der Waals surface area (Å²) < 4.78 is 5.47. The Morgan fingerprint density at radius 2 is 1.85 bits per heavy atom. The van der Waals surface area contributed by atoms with E-state index in [0.717, 1.165) is 38.3 Å². The maximum Gasteiger partial charge on any atom is 0.0594 e. The molecule has 1 saturated carbocycles. The number of likely N-dealkylation sites (tertiary alicyclic amines) is 1. The van der Waals surface area contributed by atoms with Crippen molar-refractivity contribution in [3.05, 3.63) is 0 Å². The first kappa shape index (κ1) is 14.8. The van der Waals surface area contributed by atoms with E-state index in [2.05, 4.69) is 22.2 Å². The summed E-state index contributed by atoms with van der Waals surface area (Å²) in [6.45, 7) is 7.93. The van der Waals surface area contributed by atoms with Crippen LogP contribution in [0.1, 0.15) is 32.1 Å². The van der Waals surface area contributed by atoms with E-state index < -0.39 is 0 Å². The summed E-state index contributed by atoms with van der Waals surface area (Å²) in [5.74, 6) is 0.919. The van der Waals surface area contributed by atoms with Crippen LogP contribution in [0.25, 0.3) is 0 Å². The maximum absolute atomic E-state index is 5.47. The van der Waals surface area contributed by atoms with Crippen LogP contribution in [0.5, 0.6) is 0 Å². The van der Waals surface area contributed by atoms with Crippen molar-refractivity contribution < 1.29 is 4.74 Å². The van der Waals surface area contributed by atoms with E-state index in [1.54, 1.807) is 0 Å². The van der Waals surface area contributed by atoms with E-state index in [1.807, 2.05) is 0 Å². The molecule has 0 amide bonds. The van der Waals surface area contributed by atoms with Gasteiger partial charge in [0.05, 0.1) is 13.2 Å². The molecule has 2 unspecified atom stereocenters. The van der Waals surface area contributed by atoms with E-state index in [-0.39, 0.29) is 0 Å². The van der Waals surface area contributed by atoms with Crippen LogP contribution >= 0.6 is 0 Å². The van der Waals surface area contributed by atoms with Gasteiger partial charge in [0.2, 0.25) is 0 Å². The molecule has 1 aliphatic carbocycles. The SMILES string of the molecule is CNC(CN1CCC(N2CCOCC2)C1)C1CCCC1. The van der Waals surface area contributed by atoms with Crippen molar-refractivity contribution in [2.45, 2.75) is 44.2 Å². The van der Waals surface area contributed by atoms with E-state index >= 15 is 0 Å². The summed E-state index contributed by atoms with van der Waals surface area (Å²) in [5.41, 5.74) is 0. The number of ether oxygens (including phenoxy) is 1. The van der Waals surface area contributed by atoms with Gasteiger partial charge in [0, 0.05) is 38.3 Å². The van der Waals surface area contributed by atoms with Crippen molar-refractivity contribution in [3.63, 3.8) is 0 Å². The lowest BCUT2D eigenvalue weighted by Gasteiger charge is -2.33. The Morgan fingerprint density at radius 3 is 2.55 bits per heavy atom. The molecule has 0 spiro atoms. The van der Waals surface area contributed by atoms with Gasteiger partial charge in [0.1, 0.15) is 0 Å². The average Bonchev–Trinajstić information content (AvgIpc) is 3.17. The molecule has 20 heavy (non-hydrogen) atoms. The van der Waals surface area contributed by atoms with Crippen LogP contribution in [0, 0.1) is 5.92 Å². The molecule has 0 radical (unpaired) electrons. The number of nitrogens with one attached hydrogen (secondary N) is 1. The van der Waals surface area contributed by atoms with Crippen LogP contribution in [0.3, 0.4) is 0 Å². The zero-order chi connectivity index (χ0) is 13.8. The molecule has 2 aliphatic heterocycles. The fourth-order valence-electron chi connectivity index (χ4n) is 4.33. The minimum absolute atomic E-state index is 0.709. The predicted molar refractivity (Wildman–Crippen MR) is 82.0 cm³/mol. The van der Waals surface area contributed by atoms with E-state index in [9.17, 15) is 0 Å². The quantitative estimate of drug-likeness (QED) is 0.819. The lowest BCUT2D eigenvalue weighted by molar-refractivity contribution is 0.0182. The monoisotopic (exact) mass is 281 g/mol. The minimum atomic E-state index is 0.709. The second-order valence-electron chi connectivity index (χ2n) is 6.79. The number of hydrogen-bond donors (Lipinski definition) is 1. The minimum Gasteiger partial charge on any atom is -0.379 e. The molecule has 1 N–H and O–H groups in total. The lowest BCUT2D eigenvalue weighted by Crippen LogP contribution is -2.46. The fraction of sp³-hybridized carbons (Fsp3) is 1.00. The molecule has 0 aromatic rings.